The van der Waals surface area contributed by atoms with Gasteiger partial charge in [-0.1, -0.05) is 36.4 Å². The molecule has 2 aromatic carbocycles. The van der Waals surface area contributed by atoms with Crippen molar-refractivity contribution in [3.63, 3.8) is 0 Å². The summed E-state index contributed by atoms with van der Waals surface area (Å²) in [6.45, 7) is 3.08. The fraction of sp³-hybridized carbons (Fsp3) is 0.143. The summed E-state index contributed by atoms with van der Waals surface area (Å²) < 4.78 is 15.4. The van der Waals surface area contributed by atoms with Crippen LogP contribution in [0.4, 0.5) is 16.0 Å². The highest BCUT2D eigenvalue weighted by atomic mass is 19.1. The van der Waals surface area contributed by atoms with E-state index in [1.807, 2.05) is 66.1 Å². The first-order valence-corrected chi connectivity index (χ1v) is 11.7. The van der Waals surface area contributed by atoms with E-state index < -0.39 is 0 Å². The molecule has 1 N–H and O–H groups in total. The van der Waals surface area contributed by atoms with Gasteiger partial charge in [-0.2, -0.15) is 0 Å². The van der Waals surface area contributed by atoms with Crippen LogP contribution in [0.5, 0.6) is 0 Å². The Bertz CT molecular complexity index is 1560. The number of aryl methyl sites for hydroxylation is 1. The number of hydrogen-bond acceptors (Lipinski definition) is 5. The number of pyridine rings is 1. The van der Waals surface area contributed by atoms with E-state index >= 15 is 0 Å². The standard InChI is InChI=1S/C28H23FN6O/c1-18-6-5-13-35-26(18)32-25(20-9-11-22(29)12-10-20)27(35)33-28(36)21-15-34(16-21)24-14-23(30-17-31-24)19-7-3-2-4-8-19/h2-14,17,21H,15-16H2,1H3,(H,33,36). The van der Waals surface area contributed by atoms with Gasteiger partial charge in [-0.25, -0.2) is 19.3 Å². The van der Waals surface area contributed by atoms with Crippen LogP contribution < -0.4 is 10.2 Å². The van der Waals surface area contributed by atoms with Crippen molar-refractivity contribution in [3.8, 4) is 22.5 Å². The van der Waals surface area contributed by atoms with E-state index in [-0.39, 0.29) is 17.6 Å². The molecule has 0 bridgehead atoms. The van der Waals surface area contributed by atoms with Crippen LogP contribution in [0.15, 0.2) is 85.3 Å². The summed E-state index contributed by atoms with van der Waals surface area (Å²) in [5.74, 6) is 0.772. The number of carbonyl (C=O) groups excluding carboxylic acids is 1. The number of amides is 1. The molecule has 0 radical (unpaired) electrons. The molecular weight excluding hydrogens is 455 g/mol. The molecule has 4 heterocycles. The van der Waals surface area contributed by atoms with Crippen molar-refractivity contribution < 1.29 is 9.18 Å². The molecule has 0 saturated carbocycles. The number of hydrogen-bond donors (Lipinski definition) is 1. The highest BCUT2D eigenvalue weighted by molar-refractivity contribution is 5.97. The highest BCUT2D eigenvalue weighted by Crippen LogP contribution is 2.32. The van der Waals surface area contributed by atoms with Gasteiger partial charge in [0.1, 0.15) is 35.1 Å². The van der Waals surface area contributed by atoms with Crippen LogP contribution in [-0.4, -0.2) is 38.3 Å². The average Bonchev–Trinajstić information content (AvgIpc) is 3.24. The van der Waals surface area contributed by atoms with Gasteiger partial charge < -0.3 is 10.2 Å². The normalized spacial score (nSPS) is 13.6. The van der Waals surface area contributed by atoms with E-state index in [1.165, 1.54) is 12.1 Å². The predicted octanol–water partition coefficient (Wildman–Crippen LogP) is 4.98. The zero-order valence-corrected chi connectivity index (χ0v) is 19.6. The quantitative estimate of drug-likeness (QED) is 0.386. The van der Waals surface area contributed by atoms with Gasteiger partial charge in [-0.3, -0.25) is 9.20 Å². The second kappa shape index (κ2) is 8.88. The van der Waals surface area contributed by atoms with Crippen LogP contribution in [0.2, 0.25) is 0 Å². The van der Waals surface area contributed by atoms with Crippen molar-refractivity contribution >= 4 is 23.2 Å². The monoisotopic (exact) mass is 478 g/mol. The van der Waals surface area contributed by atoms with E-state index in [4.69, 9.17) is 4.98 Å². The van der Waals surface area contributed by atoms with Crippen molar-refractivity contribution in [2.75, 3.05) is 23.3 Å². The Morgan fingerprint density at radius 2 is 1.75 bits per heavy atom. The fourth-order valence-corrected chi connectivity index (χ4v) is 4.47. The van der Waals surface area contributed by atoms with Crippen LogP contribution in [0, 0.1) is 18.7 Å². The minimum Gasteiger partial charge on any atom is -0.355 e. The highest BCUT2D eigenvalue weighted by Gasteiger charge is 2.34. The number of nitrogens with zero attached hydrogens (tertiary/aromatic N) is 5. The molecule has 36 heavy (non-hydrogen) atoms. The van der Waals surface area contributed by atoms with Gasteiger partial charge >= 0.3 is 0 Å². The number of halogens is 1. The number of fused-ring (bicyclic) bond motifs is 1. The summed E-state index contributed by atoms with van der Waals surface area (Å²) in [5, 5.41) is 3.09. The van der Waals surface area contributed by atoms with E-state index in [1.54, 1.807) is 18.5 Å². The third-order valence-electron chi connectivity index (χ3n) is 6.50. The first-order valence-electron chi connectivity index (χ1n) is 11.7. The van der Waals surface area contributed by atoms with Crippen LogP contribution in [0.25, 0.3) is 28.2 Å². The first kappa shape index (κ1) is 21.9. The predicted molar refractivity (Wildman–Crippen MR) is 137 cm³/mol. The zero-order valence-electron chi connectivity index (χ0n) is 19.6. The Balaban J connectivity index is 1.23. The van der Waals surface area contributed by atoms with Crippen molar-refractivity contribution in [2.24, 2.45) is 5.92 Å². The van der Waals surface area contributed by atoms with Crippen LogP contribution in [0.1, 0.15) is 5.56 Å². The lowest BCUT2D eigenvalue weighted by atomic mass is 9.99. The SMILES string of the molecule is Cc1cccn2c(NC(=O)C3CN(c4cc(-c5ccccc5)ncn4)C3)c(-c3ccc(F)cc3)nc12. The molecule has 7 nitrogen and oxygen atoms in total. The maximum absolute atomic E-state index is 13.5. The molecule has 6 rings (SSSR count). The number of rotatable bonds is 5. The third kappa shape index (κ3) is 3.96. The van der Waals surface area contributed by atoms with E-state index in [0.29, 0.717) is 24.6 Å². The van der Waals surface area contributed by atoms with Crippen molar-refractivity contribution in [2.45, 2.75) is 6.92 Å². The summed E-state index contributed by atoms with van der Waals surface area (Å²) in [7, 11) is 0. The van der Waals surface area contributed by atoms with E-state index in [9.17, 15) is 9.18 Å². The molecule has 0 unspecified atom stereocenters. The lowest BCUT2D eigenvalue weighted by Gasteiger charge is -2.39. The lowest BCUT2D eigenvalue weighted by molar-refractivity contribution is -0.120. The third-order valence-corrected chi connectivity index (χ3v) is 6.50. The molecule has 1 saturated heterocycles. The molecule has 3 aromatic heterocycles. The maximum Gasteiger partial charge on any atom is 0.232 e. The minimum absolute atomic E-state index is 0.0877. The Kier molecular flexibility index (Phi) is 5.41. The van der Waals surface area contributed by atoms with Crippen LogP contribution >= 0.6 is 0 Å². The van der Waals surface area contributed by atoms with Crippen molar-refractivity contribution in [1.29, 1.82) is 0 Å². The summed E-state index contributed by atoms with van der Waals surface area (Å²) in [4.78, 5) is 28.9. The van der Waals surface area contributed by atoms with Crippen molar-refractivity contribution in [1.82, 2.24) is 19.4 Å². The second-order valence-electron chi connectivity index (χ2n) is 8.92. The summed E-state index contributed by atoms with van der Waals surface area (Å²) in [6, 6.07) is 21.9. The molecule has 1 fully saturated rings. The molecule has 8 heteroatoms. The maximum atomic E-state index is 13.5. The molecule has 1 amide bonds. The molecule has 0 aliphatic carbocycles. The molecular formula is C28H23FN6O. The van der Waals surface area contributed by atoms with Crippen molar-refractivity contribution in [3.05, 3.63) is 96.7 Å². The summed E-state index contributed by atoms with van der Waals surface area (Å²) in [6.07, 6.45) is 3.43. The van der Waals surface area contributed by atoms with Crippen LogP contribution in [-0.2, 0) is 4.79 Å². The second-order valence-corrected chi connectivity index (χ2v) is 8.92. The summed E-state index contributed by atoms with van der Waals surface area (Å²) in [5.41, 5.74) is 4.94. The van der Waals surface area contributed by atoms with Gasteiger partial charge in [0.05, 0.1) is 11.6 Å². The molecule has 1 aliphatic heterocycles. The molecule has 5 aromatic rings. The largest absolute Gasteiger partial charge is 0.355 e. The number of nitrogens with one attached hydrogen (secondary N) is 1. The van der Waals surface area contributed by atoms with Gasteiger partial charge in [0.25, 0.3) is 0 Å². The summed E-state index contributed by atoms with van der Waals surface area (Å²) >= 11 is 0. The van der Waals surface area contributed by atoms with Gasteiger partial charge in [0.2, 0.25) is 5.91 Å². The first-order chi connectivity index (χ1) is 17.6. The number of imidazole rings is 1. The zero-order chi connectivity index (χ0) is 24.6. The molecule has 0 atom stereocenters. The van der Waals surface area contributed by atoms with Gasteiger partial charge in [0.15, 0.2) is 0 Å². The lowest BCUT2D eigenvalue weighted by Crippen LogP contribution is -2.52. The number of anilines is 2. The van der Waals surface area contributed by atoms with Gasteiger partial charge in [-0.15, -0.1) is 0 Å². The fourth-order valence-electron chi connectivity index (χ4n) is 4.47. The Morgan fingerprint density at radius 1 is 0.972 bits per heavy atom. The van der Waals surface area contributed by atoms with Gasteiger partial charge in [0, 0.05) is 36.5 Å². The van der Waals surface area contributed by atoms with E-state index in [0.717, 1.165) is 33.8 Å². The number of benzene rings is 2. The van der Waals surface area contributed by atoms with Gasteiger partial charge in [-0.05, 0) is 42.8 Å². The number of carbonyl (C=O) groups is 1. The average molecular weight is 479 g/mol. The Hall–Kier alpha value is -4.59. The minimum atomic E-state index is -0.320. The Labute approximate surface area is 207 Å². The van der Waals surface area contributed by atoms with E-state index in [2.05, 4.69) is 20.2 Å². The number of aromatic nitrogens is 4. The smallest absolute Gasteiger partial charge is 0.232 e. The molecule has 1 aliphatic rings. The van der Waals surface area contributed by atoms with Crippen LogP contribution in [0.3, 0.4) is 0 Å². The Morgan fingerprint density at radius 3 is 2.53 bits per heavy atom. The molecule has 178 valence electrons. The molecule has 0 spiro atoms. The topological polar surface area (TPSA) is 75.4 Å².